The number of aliphatic hydroxyl groups is 2. The fourth-order valence-electron chi connectivity index (χ4n) is 8.34. The zero-order chi connectivity index (χ0) is 38.8. The van der Waals surface area contributed by atoms with E-state index in [9.17, 15) is 19.8 Å². The minimum absolute atomic E-state index is 0.0182. The summed E-state index contributed by atoms with van der Waals surface area (Å²) in [6.45, 7) is 8.45. The van der Waals surface area contributed by atoms with Crippen LogP contribution in [0.5, 0.6) is 5.75 Å². The van der Waals surface area contributed by atoms with Crippen molar-refractivity contribution in [2.24, 2.45) is 5.92 Å². The van der Waals surface area contributed by atoms with Crippen molar-refractivity contribution in [2.75, 3.05) is 30.5 Å². The fourth-order valence-corrected chi connectivity index (χ4v) is 12.5. The highest BCUT2D eigenvalue weighted by atomic mass is 35.5. The Morgan fingerprint density at radius 2 is 1.72 bits per heavy atom. The Kier molecular flexibility index (Phi) is 11.7. The molecule has 0 aromatic heterocycles. The first kappa shape index (κ1) is 39.2. The maximum absolute atomic E-state index is 15.2. The zero-order valence-corrected chi connectivity index (χ0v) is 33.0. The van der Waals surface area contributed by atoms with Crippen LogP contribution >= 0.6 is 11.6 Å². The summed E-state index contributed by atoms with van der Waals surface area (Å²) < 4.78 is 12.6. The summed E-state index contributed by atoms with van der Waals surface area (Å²) in [6, 6.07) is 30.3. The normalized spacial score (nSPS) is 21.2. The Hall–Kier alpha value is -4.52. The summed E-state index contributed by atoms with van der Waals surface area (Å²) in [5, 5.41) is 24.0. The molecule has 10 nitrogen and oxygen atoms in total. The van der Waals surface area contributed by atoms with Crippen molar-refractivity contribution in [3.05, 3.63) is 119 Å². The monoisotopic (exact) mass is 769 g/mol. The number of rotatable bonds is 13. The molecule has 4 aromatic carbocycles. The van der Waals surface area contributed by atoms with E-state index in [0.717, 1.165) is 22.1 Å². The minimum Gasteiger partial charge on any atom is -0.497 e. The predicted octanol–water partition coefficient (Wildman–Crippen LogP) is 5.84. The largest absolute Gasteiger partial charge is 0.497 e. The first-order valence-electron chi connectivity index (χ1n) is 18.2. The van der Waals surface area contributed by atoms with Gasteiger partial charge in [0.25, 0.3) is 11.8 Å². The molecule has 1 saturated heterocycles. The van der Waals surface area contributed by atoms with Gasteiger partial charge in [0.15, 0.2) is 5.60 Å². The molecule has 0 unspecified atom stereocenters. The second-order valence-corrected chi connectivity index (χ2v) is 19.9. The van der Waals surface area contributed by atoms with Crippen LogP contribution in [0.1, 0.15) is 37.0 Å². The van der Waals surface area contributed by atoms with E-state index in [1.165, 1.54) is 6.92 Å². The number of methoxy groups -OCH3 is 1. The number of anilines is 2. The number of nitrogens with zero attached hydrogens (tertiary/aromatic N) is 2. The molecule has 54 heavy (non-hydrogen) atoms. The van der Waals surface area contributed by atoms with Crippen LogP contribution in [-0.4, -0.2) is 73.4 Å². The van der Waals surface area contributed by atoms with Gasteiger partial charge in [0.05, 0.1) is 46.5 Å². The Morgan fingerprint density at radius 3 is 2.39 bits per heavy atom. The predicted molar refractivity (Wildman–Crippen MR) is 213 cm³/mol. The number of hydrogen-bond acceptors (Lipinski definition) is 7. The smallest absolute Gasteiger partial charge is 0.264 e. The van der Waals surface area contributed by atoms with E-state index in [2.05, 4.69) is 37.5 Å². The highest BCUT2D eigenvalue weighted by Crippen LogP contribution is 2.60. The molecule has 4 aromatic rings. The third kappa shape index (κ3) is 7.56. The number of carbonyl (C=O) groups is 3. The van der Waals surface area contributed by atoms with Gasteiger partial charge in [-0.1, -0.05) is 91.4 Å². The zero-order valence-electron chi connectivity index (χ0n) is 31.3. The Bertz CT molecular complexity index is 1990. The van der Waals surface area contributed by atoms with Crippen LogP contribution < -0.4 is 20.1 Å². The van der Waals surface area contributed by atoms with Gasteiger partial charge in [0, 0.05) is 35.3 Å². The number of aliphatic hydroxyl groups excluding tert-OH is 2. The van der Waals surface area contributed by atoms with Crippen molar-refractivity contribution in [3.63, 3.8) is 0 Å². The second kappa shape index (κ2) is 16.1. The lowest BCUT2D eigenvalue weighted by Crippen LogP contribution is -2.52. The van der Waals surface area contributed by atoms with Crippen molar-refractivity contribution >= 4 is 54.0 Å². The first-order valence-corrected chi connectivity index (χ1v) is 21.7. The first-order chi connectivity index (χ1) is 25.8. The highest BCUT2D eigenvalue weighted by molar-refractivity contribution is 6.91. The molecular formula is C42H48ClN3O7Si. The quantitative estimate of drug-likeness (QED) is 0.146. The number of halogens is 1. The summed E-state index contributed by atoms with van der Waals surface area (Å²) in [5.41, 5.74) is 1.88. The molecule has 12 heteroatoms. The Morgan fingerprint density at radius 1 is 1.02 bits per heavy atom. The highest BCUT2D eigenvalue weighted by Gasteiger charge is 2.66. The van der Waals surface area contributed by atoms with E-state index in [-0.39, 0.29) is 49.4 Å². The molecule has 284 valence electrons. The molecule has 3 amide bonds. The van der Waals surface area contributed by atoms with Crippen molar-refractivity contribution in [1.82, 2.24) is 4.90 Å². The second-order valence-electron chi connectivity index (χ2n) is 14.8. The Labute approximate surface area is 322 Å². The van der Waals surface area contributed by atoms with E-state index < -0.39 is 31.8 Å². The molecule has 0 aliphatic carbocycles. The van der Waals surface area contributed by atoms with E-state index in [1.54, 1.807) is 47.2 Å². The van der Waals surface area contributed by atoms with Crippen LogP contribution in [-0.2, 0) is 37.8 Å². The average molecular weight is 770 g/mol. The van der Waals surface area contributed by atoms with Gasteiger partial charge < -0.3 is 34.8 Å². The molecular weight excluding hydrogens is 722 g/mol. The van der Waals surface area contributed by atoms with E-state index in [4.69, 9.17) is 21.1 Å². The van der Waals surface area contributed by atoms with Gasteiger partial charge >= 0.3 is 0 Å². The lowest BCUT2D eigenvalue weighted by atomic mass is 9.82. The van der Waals surface area contributed by atoms with Crippen LogP contribution in [0.25, 0.3) is 0 Å². The number of benzene rings is 4. The van der Waals surface area contributed by atoms with Gasteiger partial charge in [-0.3, -0.25) is 14.4 Å². The maximum Gasteiger partial charge on any atom is 0.264 e. The average Bonchev–Trinajstić information content (AvgIpc) is 3.57. The van der Waals surface area contributed by atoms with Gasteiger partial charge in [-0.2, -0.15) is 0 Å². The molecule has 3 N–H and O–H groups in total. The van der Waals surface area contributed by atoms with Gasteiger partial charge in [-0.25, -0.2) is 0 Å². The summed E-state index contributed by atoms with van der Waals surface area (Å²) in [4.78, 5) is 45.1. The van der Waals surface area contributed by atoms with Gasteiger partial charge in [-0.05, 0) is 66.1 Å². The number of carbonyl (C=O) groups excluding carboxylic acids is 3. The van der Waals surface area contributed by atoms with E-state index in [0.29, 0.717) is 28.5 Å². The van der Waals surface area contributed by atoms with E-state index >= 15 is 4.79 Å². The van der Waals surface area contributed by atoms with Crippen molar-refractivity contribution in [3.8, 4) is 5.75 Å². The number of fused-ring (bicyclic) bond motifs is 2. The lowest BCUT2D eigenvalue weighted by Gasteiger charge is -2.37. The van der Waals surface area contributed by atoms with Gasteiger partial charge in [0.2, 0.25) is 5.91 Å². The van der Waals surface area contributed by atoms with Gasteiger partial charge in [-0.15, -0.1) is 0 Å². The van der Waals surface area contributed by atoms with Crippen molar-refractivity contribution < 1.29 is 34.1 Å². The number of hydrogen-bond donors (Lipinski definition) is 3. The number of ether oxygens (including phenoxy) is 2. The standard InChI is InChI=1S/C42H48ClN3O7Si/c1-27-39(54(4,5)34-17-15-33(52-3)16-18-34)37(24-38(49)45(20-21-47)25-29-10-7-6-8-11-29)53-42(27)35-23-31(43)14-19-36(35)46(41(42)51)26-30-12-9-13-32(22-30)44-40(50)28(2)48/h6-19,22-23,27-28,37,39,47-48H,20-21,24-26H2,1-5H3,(H,44,50)/t27-,28+,37+,39-,42+/m1/s1. The molecule has 5 atom stereocenters. The SMILES string of the molecule is COc1ccc([Si](C)(C)[C@H]2[C@H](CC(=O)N(CCO)Cc3ccccc3)O[C@@]3(C(=O)N(Cc4cccc(NC(=O)[C@H](C)O)c4)c4ccc(Cl)cc43)[C@@H]2C)cc1. The molecule has 0 bridgehead atoms. The van der Waals surface area contributed by atoms with Crippen LogP contribution in [0, 0.1) is 5.92 Å². The molecule has 2 aliphatic heterocycles. The van der Waals surface area contributed by atoms with Crippen LogP contribution in [0.3, 0.4) is 0 Å². The maximum atomic E-state index is 15.2. The number of amides is 3. The molecule has 1 fully saturated rings. The number of nitrogens with one attached hydrogen (secondary N) is 1. The van der Waals surface area contributed by atoms with Crippen LogP contribution in [0.4, 0.5) is 11.4 Å². The molecule has 2 aliphatic rings. The minimum atomic E-state index is -2.55. The molecule has 0 saturated carbocycles. The molecule has 0 radical (unpaired) electrons. The van der Waals surface area contributed by atoms with Crippen LogP contribution in [0.15, 0.2) is 97.1 Å². The van der Waals surface area contributed by atoms with Gasteiger partial charge in [0.1, 0.15) is 11.9 Å². The van der Waals surface area contributed by atoms with E-state index in [1.807, 2.05) is 54.6 Å². The summed E-state index contributed by atoms with van der Waals surface area (Å²) in [7, 11) is -0.924. The third-order valence-electron chi connectivity index (χ3n) is 11.0. The topological polar surface area (TPSA) is 129 Å². The fraction of sp³-hybridized carbons (Fsp3) is 0.357. The molecule has 6 rings (SSSR count). The third-order valence-corrected chi connectivity index (χ3v) is 15.6. The molecule has 1 spiro atoms. The lowest BCUT2D eigenvalue weighted by molar-refractivity contribution is -0.150. The molecule has 2 heterocycles. The summed E-state index contributed by atoms with van der Waals surface area (Å²) in [5.74, 6) is -0.584. The Balaban J connectivity index is 1.40. The van der Waals surface area contributed by atoms with Crippen molar-refractivity contribution in [2.45, 2.75) is 69.8 Å². The summed E-state index contributed by atoms with van der Waals surface area (Å²) in [6.07, 6.45) is -1.80. The van der Waals surface area contributed by atoms with Crippen molar-refractivity contribution in [1.29, 1.82) is 0 Å². The summed E-state index contributed by atoms with van der Waals surface area (Å²) >= 11 is 6.67. The van der Waals surface area contributed by atoms with Crippen LogP contribution in [0.2, 0.25) is 23.7 Å².